The number of ether oxygens (including phenoxy) is 1. The molecule has 0 aliphatic heterocycles. The lowest BCUT2D eigenvalue weighted by Crippen LogP contribution is -2.30. The van der Waals surface area contributed by atoms with Crippen LogP contribution in [0.15, 0.2) is 6.20 Å². The SMILES string of the molecule is CCCNC(c1c(OC)cnn1C)C(CC)CC. The summed E-state index contributed by atoms with van der Waals surface area (Å²) in [7, 11) is 3.70. The lowest BCUT2D eigenvalue weighted by Gasteiger charge is -2.27. The summed E-state index contributed by atoms with van der Waals surface area (Å²) in [6.45, 7) is 7.71. The summed E-state index contributed by atoms with van der Waals surface area (Å²) >= 11 is 0. The molecule has 18 heavy (non-hydrogen) atoms. The first-order valence-corrected chi connectivity index (χ1v) is 6.98. The zero-order chi connectivity index (χ0) is 13.5. The summed E-state index contributed by atoms with van der Waals surface area (Å²) in [5, 5.41) is 7.97. The van der Waals surface area contributed by atoms with E-state index in [-0.39, 0.29) is 0 Å². The van der Waals surface area contributed by atoms with Gasteiger partial charge in [-0.25, -0.2) is 0 Å². The van der Waals surface area contributed by atoms with Crippen molar-refractivity contribution >= 4 is 0 Å². The Hall–Kier alpha value is -1.03. The molecule has 0 saturated carbocycles. The Labute approximate surface area is 111 Å². The van der Waals surface area contributed by atoms with Gasteiger partial charge in [0.2, 0.25) is 0 Å². The van der Waals surface area contributed by atoms with Gasteiger partial charge in [-0.15, -0.1) is 0 Å². The van der Waals surface area contributed by atoms with Crippen LogP contribution in [0.1, 0.15) is 51.8 Å². The van der Waals surface area contributed by atoms with Crippen LogP contribution >= 0.6 is 0 Å². The highest BCUT2D eigenvalue weighted by Gasteiger charge is 2.26. The zero-order valence-corrected chi connectivity index (χ0v) is 12.4. The predicted octanol–water partition coefficient (Wildman–Crippen LogP) is 2.91. The van der Waals surface area contributed by atoms with E-state index in [4.69, 9.17) is 4.74 Å². The molecule has 0 aliphatic rings. The number of aryl methyl sites for hydroxylation is 1. The van der Waals surface area contributed by atoms with Crippen LogP contribution in [0.4, 0.5) is 0 Å². The van der Waals surface area contributed by atoms with Crippen molar-refractivity contribution in [2.75, 3.05) is 13.7 Å². The van der Waals surface area contributed by atoms with Crippen LogP contribution in [0.3, 0.4) is 0 Å². The van der Waals surface area contributed by atoms with Gasteiger partial charge in [0.1, 0.15) is 0 Å². The van der Waals surface area contributed by atoms with Gasteiger partial charge in [0, 0.05) is 7.05 Å². The van der Waals surface area contributed by atoms with E-state index in [1.807, 2.05) is 11.7 Å². The molecule has 0 amide bonds. The minimum Gasteiger partial charge on any atom is -0.493 e. The van der Waals surface area contributed by atoms with E-state index >= 15 is 0 Å². The van der Waals surface area contributed by atoms with Gasteiger partial charge >= 0.3 is 0 Å². The van der Waals surface area contributed by atoms with Crippen LogP contribution in [-0.4, -0.2) is 23.4 Å². The fourth-order valence-electron chi connectivity index (χ4n) is 2.49. The van der Waals surface area contributed by atoms with E-state index in [2.05, 4.69) is 31.2 Å². The Morgan fingerprint density at radius 3 is 2.50 bits per heavy atom. The van der Waals surface area contributed by atoms with Crippen molar-refractivity contribution < 1.29 is 4.74 Å². The Bertz CT molecular complexity index is 345. The van der Waals surface area contributed by atoms with Gasteiger partial charge in [-0.3, -0.25) is 4.68 Å². The van der Waals surface area contributed by atoms with Crippen LogP contribution < -0.4 is 10.1 Å². The van der Waals surface area contributed by atoms with Crippen LogP contribution in [0.5, 0.6) is 5.75 Å². The van der Waals surface area contributed by atoms with Gasteiger partial charge in [-0.05, 0) is 18.9 Å². The number of hydrogen-bond donors (Lipinski definition) is 1. The van der Waals surface area contributed by atoms with Gasteiger partial charge in [0.05, 0.1) is 25.0 Å². The summed E-state index contributed by atoms with van der Waals surface area (Å²) in [6.07, 6.45) is 5.26. The maximum absolute atomic E-state index is 5.44. The molecular formula is C14H27N3O. The maximum atomic E-state index is 5.44. The molecule has 1 unspecified atom stereocenters. The highest BCUT2D eigenvalue weighted by Crippen LogP contribution is 2.32. The monoisotopic (exact) mass is 253 g/mol. The standard InChI is InChI=1S/C14H27N3O/c1-6-9-15-13(11(7-2)8-3)14-12(18-5)10-16-17(14)4/h10-11,13,15H,6-9H2,1-5H3. The molecule has 0 bridgehead atoms. The third-order valence-corrected chi connectivity index (χ3v) is 3.60. The van der Waals surface area contributed by atoms with Crippen molar-refractivity contribution in [2.24, 2.45) is 13.0 Å². The van der Waals surface area contributed by atoms with Crippen molar-refractivity contribution in [1.29, 1.82) is 0 Å². The van der Waals surface area contributed by atoms with Crippen LogP contribution in [0.25, 0.3) is 0 Å². The van der Waals surface area contributed by atoms with Crippen molar-refractivity contribution in [3.63, 3.8) is 0 Å². The second kappa shape index (κ2) is 7.41. The number of rotatable bonds is 8. The lowest BCUT2D eigenvalue weighted by molar-refractivity contribution is 0.312. The molecule has 104 valence electrons. The molecule has 0 aliphatic carbocycles. The van der Waals surface area contributed by atoms with Gasteiger partial charge in [0.15, 0.2) is 5.75 Å². The topological polar surface area (TPSA) is 39.1 Å². The molecule has 1 N–H and O–H groups in total. The number of nitrogens with one attached hydrogen (secondary N) is 1. The Balaban J connectivity index is 3.03. The maximum Gasteiger partial charge on any atom is 0.161 e. The normalized spacial score (nSPS) is 13.0. The molecule has 4 heteroatoms. The minimum absolute atomic E-state index is 0.322. The second-order valence-corrected chi connectivity index (χ2v) is 4.73. The van der Waals surface area contributed by atoms with Crippen LogP contribution in [0.2, 0.25) is 0 Å². The molecule has 4 nitrogen and oxygen atoms in total. The number of methoxy groups -OCH3 is 1. The predicted molar refractivity (Wildman–Crippen MR) is 74.9 cm³/mol. The molecule has 1 rings (SSSR count). The van der Waals surface area contributed by atoms with Crippen molar-refractivity contribution in [3.05, 3.63) is 11.9 Å². The lowest BCUT2D eigenvalue weighted by atomic mass is 9.91. The van der Waals surface area contributed by atoms with Gasteiger partial charge < -0.3 is 10.1 Å². The summed E-state index contributed by atoms with van der Waals surface area (Å²) in [5.41, 5.74) is 1.17. The highest BCUT2D eigenvalue weighted by atomic mass is 16.5. The Kier molecular flexibility index (Phi) is 6.19. The molecule has 0 fully saturated rings. The van der Waals surface area contributed by atoms with Crippen molar-refractivity contribution in [1.82, 2.24) is 15.1 Å². The number of hydrogen-bond acceptors (Lipinski definition) is 3. The van der Waals surface area contributed by atoms with Gasteiger partial charge in [-0.1, -0.05) is 33.6 Å². The second-order valence-electron chi connectivity index (χ2n) is 4.73. The summed E-state index contributed by atoms with van der Waals surface area (Å²) in [5.74, 6) is 1.50. The van der Waals surface area contributed by atoms with Crippen LogP contribution in [-0.2, 0) is 7.05 Å². The zero-order valence-electron chi connectivity index (χ0n) is 12.4. The van der Waals surface area contributed by atoms with Gasteiger partial charge in [0.25, 0.3) is 0 Å². The van der Waals surface area contributed by atoms with Crippen molar-refractivity contribution in [2.45, 2.75) is 46.1 Å². The summed E-state index contributed by atoms with van der Waals surface area (Å²) in [6, 6.07) is 0.322. The van der Waals surface area contributed by atoms with Gasteiger partial charge in [-0.2, -0.15) is 5.10 Å². The molecule has 0 spiro atoms. The van der Waals surface area contributed by atoms with E-state index < -0.39 is 0 Å². The Morgan fingerprint density at radius 2 is 2.00 bits per heavy atom. The van der Waals surface area contributed by atoms with E-state index in [1.54, 1.807) is 13.3 Å². The first-order chi connectivity index (χ1) is 8.69. The first kappa shape index (κ1) is 15.0. The molecule has 1 heterocycles. The van der Waals surface area contributed by atoms with E-state index in [9.17, 15) is 0 Å². The molecule has 0 radical (unpaired) electrons. The van der Waals surface area contributed by atoms with E-state index in [1.165, 1.54) is 5.69 Å². The third kappa shape index (κ3) is 3.25. The van der Waals surface area contributed by atoms with E-state index in [0.717, 1.165) is 31.6 Å². The molecule has 1 aromatic heterocycles. The summed E-state index contributed by atoms with van der Waals surface area (Å²) in [4.78, 5) is 0. The van der Waals surface area contributed by atoms with E-state index in [0.29, 0.717) is 12.0 Å². The largest absolute Gasteiger partial charge is 0.493 e. The first-order valence-electron chi connectivity index (χ1n) is 6.98. The van der Waals surface area contributed by atoms with Crippen LogP contribution in [0, 0.1) is 5.92 Å². The molecular weight excluding hydrogens is 226 g/mol. The average Bonchev–Trinajstić information content (AvgIpc) is 2.75. The number of aromatic nitrogens is 2. The number of nitrogens with zero attached hydrogens (tertiary/aromatic N) is 2. The smallest absolute Gasteiger partial charge is 0.161 e. The third-order valence-electron chi connectivity index (χ3n) is 3.60. The quantitative estimate of drug-likeness (QED) is 0.774. The molecule has 0 saturated heterocycles. The fraction of sp³-hybridized carbons (Fsp3) is 0.786. The summed E-state index contributed by atoms with van der Waals surface area (Å²) < 4.78 is 7.38. The minimum atomic E-state index is 0.322. The van der Waals surface area contributed by atoms with Crippen molar-refractivity contribution in [3.8, 4) is 5.75 Å². The highest BCUT2D eigenvalue weighted by molar-refractivity contribution is 5.28. The molecule has 1 atom stereocenters. The molecule has 1 aromatic rings. The fourth-order valence-corrected chi connectivity index (χ4v) is 2.49. The average molecular weight is 253 g/mol. The Morgan fingerprint density at radius 1 is 1.33 bits per heavy atom. The molecule has 0 aromatic carbocycles.